The number of amides is 2. The van der Waals surface area contributed by atoms with E-state index in [9.17, 15) is 23.1 Å². The SMILES string of the molecule is CC(=O)Nc1nc2ccc(S(=O)(=O)N(CC(C)C)C[C@@H](O)[C@H](Cc3ccccc3)NC(=O)OC3COC4OCCC34)cc2[nH]1. The van der Waals surface area contributed by atoms with Gasteiger partial charge in [-0.05, 0) is 42.5 Å². The van der Waals surface area contributed by atoms with Gasteiger partial charge in [0.1, 0.15) is 6.10 Å². The quantitative estimate of drug-likeness (QED) is 0.235. The van der Waals surface area contributed by atoms with Gasteiger partial charge in [0.2, 0.25) is 21.9 Å². The molecule has 0 bridgehead atoms. The molecule has 0 radical (unpaired) electrons. The second-order valence-electron chi connectivity index (χ2n) is 11.6. The lowest BCUT2D eigenvalue weighted by Gasteiger charge is -2.31. The Morgan fingerprint density at radius 1 is 1.16 bits per heavy atom. The van der Waals surface area contributed by atoms with Crippen LogP contribution in [0.25, 0.3) is 11.0 Å². The summed E-state index contributed by atoms with van der Waals surface area (Å²) in [6, 6.07) is 12.9. The summed E-state index contributed by atoms with van der Waals surface area (Å²) in [6.07, 6.45) is -1.89. The van der Waals surface area contributed by atoms with Crippen LogP contribution in [0.2, 0.25) is 0 Å². The molecule has 2 saturated heterocycles. The van der Waals surface area contributed by atoms with Crippen LogP contribution < -0.4 is 10.6 Å². The van der Waals surface area contributed by atoms with Crippen LogP contribution in [-0.4, -0.2) is 90.6 Å². The molecule has 5 rings (SSSR count). The maximum absolute atomic E-state index is 13.9. The molecule has 2 aliphatic rings. The highest BCUT2D eigenvalue weighted by molar-refractivity contribution is 7.89. The molecule has 5 atom stereocenters. The van der Waals surface area contributed by atoms with Gasteiger partial charge in [0.25, 0.3) is 0 Å². The number of anilines is 1. The Kier molecular flexibility index (Phi) is 9.85. The topological polar surface area (TPSA) is 172 Å². The third-order valence-corrected chi connectivity index (χ3v) is 9.48. The molecule has 2 amide bonds. The number of ether oxygens (including phenoxy) is 3. The van der Waals surface area contributed by atoms with Crippen molar-refractivity contribution in [2.75, 3.05) is 31.6 Å². The number of carbonyl (C=O) groups is 2. The van der Waals surface area contributed by atoms with Crippen molar-refractivity contribution in [2.24, 2.45) is 11.8 Å². The van der Waals surface area contributed by atoms with Crippen LogP contribution in [0.5, 0.6) is 0 Å². The first-order valence-corrected chi connectivity index (χ1v) is 16.1. The fourth-order valence-electron chi connectivity index (χ4n) is 5.56. The Hall–Kier alpha value is -3.56. The van der Waals surface area contributed by atoms with Gasteiger partial charge in [-0.3, -0.25) is 10.1 Å². The molecule has 4 N–H and O–H groups in total. The van der Waals surface area contributed by atoms with Crippen LogP contribution in [0.3, 0.4) is 0 Å². The molecule has 1 aromatic heterocycles. The van der Waals surface area contributed by atoms with E-state index in [-0.39, 0.29) is 61.0 Å². The number of aliphatic hydroxyl groups excluding tert-OH is 1. The molecule has 14 heteroatoms. The maximum Gasteiger partial charge on any atom is 0.407 e. The third kappa shape index (κ3) is 7.56. The first kappa shape index (κ1) is 31.9. The summed E-state index contributed by atoms with van der Waals surface area (Å²) in [5.41, 5.74) is 1.76. The van der Waals surface area contributed by atoms with Gasteiger partial charge in [-0.2, -0.15) is 4.31 Å². The molecule has 2 fully saturated rings. The van der Waals surface area contributed by atoms with Crippen LogP contribution in [0.1, 0.15) is 32.8 Å². The number of hydrogen-bond donors (Lipinski definition) is 4. The highest BCUT2D eigenvalue weighted by Crippen LogP contribution is 2.33. The van der Waals surface area contributed by atoms with Gasteiger partial charge >= 0.3 is 6.09 Å². The zero-order valence-corrected chi connectivity index (χ0v) is 25.7. The number of imidazole rings is 1. The van der Waals surface area contributed by atoms with Gasteiger partial charge in [-0.25, -0.2) is 18.2 Å². The van der Waals surface area contributed by atoms with Crippen LogP contribution >= 0.6 is 0 Å². The van der Waals surface area contributed by atoms with Crippen molar-refractivity contribution in [1.29, 1.82) is 0 Å². The Morgan fingerprint density at radius 2 is 1.93 bits per heavy atom. The second-order valence-corrected chi connectivity index (χ2v) is 13.6. The molecule has 238 valence electrons. The van der Waals surface area contributed by atoms with E-state index >= 15 is 0 Å². The molecule has 3 unspecified atom stereocenters. The van der Waals surface area contributed by atoms with E-state index in [0.29, 0.717) is 17.6 Å². The Balaban J connectivity index is 1.35. The number of benzene rings is 2. The summed E-state index contributed by atoms with van der Waals surface area (Å²) in [5, 5.41) is 16.8. The van der Waals surface area contributed by atoms with E-state index in [2.05, 4.69) is 20.6 Å². The molecule has 2 aliphatic heterocycles. The van der Waals surface area contributed by atoms with Gasteiger partial charge in [-0.1, -0.05) is 44.2 Å². The number of fused-ring (bicyclic) bond motifs is 2. The number of hydrogen-bond acceptors (Lipinski definition) is 9. The molecule has 0 saturated carbocycles. The first-order valence-electron chi connectivity index (χ1n) is 14.7. The van der Waals surface area contributed by atoms with E-state index in [1.807, 2.05) is 44.2 Å². The number of rotatable bonds is 12. The van der Waals surface area contributed by atoms with Crippen LogP contribution in [0, 0.1) is 11.8 Å². The number of aliphatic hydroxyl groups is 1. The van der Waals surface area contributed by atoms with E-state index < -0.39 is 34.4 Å². The van der Waals surface area contributed by atoms with Crippen molar-refractivity contribution in [2.45, 2.75) is 63.0 Å². The van der Waals surface area contributed by atoms with E-state index in [4.69, 9.17) is 14.2 Å². The lowest BCUT2D eigenvalue weighted by Crippen LogP contribution is -2.51. The zero-order valence-electron chi connectivity index (χ0n) is 24.9. The summed E-state index contributed by atoms with van der Waals surface area (Å²) >= 11 is 0. The molecular formula is C30H39N5O8S. The molecule has 13 nitrogen and oxygen atoms in total. The van der Waals surface area contributed by atoms with Crippen molar-refractivity contribution in [3.05, 3.63) is 54.1 Å². The average molecular weight is 630 g/mol. The lowest BCUT2D eigenvalue weighted by atomic mass is 10.0. The predicted molar refractivity (Wildman–Crippen MR) is 161 cm³/mol. The lowest BCUT2D eigenvalue weighted by molar-refractivity contribution is -0.114. The Labute approximate surface area is 256 Å². The number of carbonyl (C=O) groups excluding carboxylic acids is 2. The number of H-pyrrole nitrogens is 1. The molecule has 3 heterocycles. The summed E-state index contributed by atoms with van der Waals surface area (Å²) in [6.45, 7) is 5.73. The number of aromatic amines is 1. The van der Waals surface area contributed by atoms with E-state index in [1.165, 1.54) is 23.4 Å². The average Bonchev–Trinajstić information content (AvgIpc) is 3.69. The monoisotopic (exact) mass is 629 g/mol. The smallest absolute Gasteiger partial charge is 0.407 e. The fraction of sp³-hybridized carbons (Fsp3) is 0.500. The zero-order chi connectivity index (χ0) is 31.4. The van der Waals surface area contributed by atoms with Gasteiger partial charge in [-0.15, -0.1) is 0 Å². The maximum atomic E-state index is 13.9. The number of alkyl carbamates (subject to hydrolysis) is 1. The molecule has 3 aromatic rings. The molecule has 0 aliphatic carbocycles. The summed E-state index contributed by atoms with van der Waals surface area (Å²) in [5.74, 6) is -0.219. The van der Waals surface area contributed by atoms with Crippen LogP contribution in [0.15, 0.2) is 53.4 Å². The van der Waals surface area contributed by atoms with Crippen molar-refractivity contribution in [3.8, 4) is 0 Å². The number of aromatic nitrogens is 2. The Bertz CT molecular complexity index is 1560. The van der Waals surface area contributed by atoms with Gasteiger partial charge in [0.15, 0.2) is 6.29 Å². The molecule has 44 heavy (non-hydrogen) atoms. The summed E-state index contributed by atoms with van der Waals surface area (Å²) in [4.78, 5) is 31.7. The van der Waals surface area contributed by atoms with Gasteiger partial charge in [0.05, 0.1) is 47.2 Å². The number of nitrogens with zero attached hydrogens (tertiary/aromatic N) is 2. The second kappa shape index (κ2) is 13.6. The van der Waals surface area contributed by atoms with E-state index in [0.717, 1.165) is 12.0 Å². The third-order valence-electron chi connectivity index (χ3n) is 7.65. The van der Waals surface area contributed by atoms with Crippen LogP contribution in [-0.2, 0) is 35.4 Å². The first-order chi connectivity index (χ1) is 21.0. The minimum atomic E-state index is -4.10. The highest BCUT2D eigenvalue weighted by atomic mass is 32.2. The standard InChI is InChI=1S/C30H39N5O8S/c1-18(2)15-35(44(39,40)21-9-10-23-24(14-21)33-29(32-23)31-19(3)36)16-26(37)25(13-20-7-5-4-6-8-20)34-30(38)43-27-17-42-28-22(27)11-12-41-28/h4-10,14,18,22,25-28,37H,11-13,15-17H2,1-3H3,(H,34,38)(H2,31,32,33,36)/t22?,25-,26+,27?,28?/m0/s1. The van der Waals surface area contributed by atoms with E-state index in [1.54, 1.807) is 6.07 Å². The van der Waals surface area contributed by atoms with Crippen molar-refractivity contribution >= 4 is 39.0 Å². The molecule has 0 spiro atoms. The van der Waals surface area contributed by atoms with Crippen molar-refractivity contribution < 1.29 is 37.3 Å². The van der Waals surface area contributed by atoms with Gasteiger partial charge in [0, 0.05) is 20.0 Å². The molecule has 2 aromatic carbocycles. The minimum absolute atomic E-state index is 0.00239. The number of sulfonamides is 1. The van der Waals surface area contributed by atoms with Crippen LogP contribution in [0.4, 0.5) is 10.7 Å². The van der Waals surface area contributed by atoms with Crippen molar-refractivity contribution in [3.63, 3.8) is 0 Å². The minimum Gasteiger partial charge on any atom is -0.443 e. The Morgan fingerprint density at radius 3 is 2.66 bits per heavy atom. The largest absolute Gasteiger partial charge is 0.443 e. The number of nitrogens with one attached hydrogen (secondary N) is 3. The van der Waals surface area contributed by atoms with Crippen molar-refractivity contribution in [1.82, 2.24) is 19.6 Å². The molecular weight excluding hydrogens is 590 g/mol. The summed E-state index contributed by atoms with van der Waals surface area (Å²) in [7, 11) is -4.10. The van der Waals surface area contributed by atoms with Gasteiger partial charge < -0.3 is 29.6 Å². The summed E-state index contributed by atoms with van der Waals surface area (Å²) < 4.78 is 45.9. The fourth-order valence-corrected chi connectivity index (χ4v) is 7.21. The normalized spacial score (nSPS) is 21.4. The highest BCUT2D eigenvalue weighted by Gasteiger charge is 2.44. The predicted octanol–water partition coefficient (Wildman–Crippen LogP) is 2.63.